The van der Waals surface area contributed by atoms with Crippen molar-refractivity contribution in [3.05, 3.63) is 29.6 Å². The molecule has 0 aliphatic carbocycles. The summed E-state index contributed by atoms with van der Waals surface area (Å²) in [5.41, 5.74) is 0.578. The van der Waals surface area contributed by atoms with Crippen LogP contribution in [0.25, 0.3) is 11.4 Å². The number of nitrogens with zero attached hydrogens (tertiary/aromatic N) is 4. The van der Waals surface area contributed by atoms with Crippen LogP contribution in [0.3, 0.4) is 0 Å². The molecule has 2 aromatic rings. The van der Waals surface area contributed by atoms with Crippen LogP contribution in [0.2, 0.25) is 0 Å². The van der Waals surface area contributed by atoms with Gasteiger partial charge in [-0.15, -0.1) is 0 Å². The van der Waals surface area contributed by atoms with E-state index in [2.05, 4.69) is 20.3 Å². The molecule has 1 heterocycles. The summed E-state index contributed by atoms with van der Waals surface area (Å²) < 4.78 is 18.3. The predicted molar refractivity (Wildman–Crippen MR) is 66.0 cm³/mol. The Morgan fingerprint density at radius 1 is 1.26 bits per heavy atom. The molecule has 0 unspecified atom stereocenters. The SMILES string of the molecule is CNc1nc(OC)nc(-c2cc(F)cc(C#N)c2)n1. The molecular weight excluding hydrogens is 249 g/mol. The van der Waals surface area contributed by atoms with Crippen LogP contribution in [0.5, 0.6) is 6.01 Å². The van der Waals surface area contributed by atoms with Gasteiger partial charge in [-0.25, -0.2) is 4.39 Å². The van der Waals surface area contributed by atoms with Crippen LogP contribution in [-0.4, -0.2) is 29.1 Å². The van der Waals surface area contributed by atoms with Crippen molar-refractivity contribution in [2.75, 3.05) is 19.5 Å². The van der Waals surface area contributed by atoms with E-state index in [1.165, 1.54) is 19.2 Å². The lowest BCUT2D eigenvalue weighted by Gasteiger charge is -2.06. The Hall–Kier alpha value is -2.75. The summed E-state index contributed by atoms with van der Waals surface area (Å²) in [4.78, 5) is 12.1. The number of halogens is 1. The molecule has 96 valence electrons. The number of aromatic nitrogens is 3. The summed E-state index contributed by atoms with van der Waals surface area (Å²) in [6.07, 6.45) is 0. The highest BCUT2D eigenvalue weighted by atomic mass is 19.1. The molecule has 1 N–H and O–H groups in total. The third-order valence-electron chi connectivity index (χ3n) is 2.31. The predicted octanol–water partition coefficient (Wildman–Crippen LogP) is 1.60. The van der Waals surface area contributed by atoms with E-state index in [1.54, 1.807) is 7.05 Å². The molecule has 6 nitrogen and oxygen atoms in total. The van der Waals surface area contributed by atoms with E-state index in [4.69, 9.17) is 10.00 Å². The molecule has 7 heteroatoms. The maximum atomic E-state index is 13.4. The highest BCUT2D eigenvalue weighted by molar-refractivity contribution is 5.59. The van der Waals surface area contributed by atoms with Crippen LogP contribution in [0, 0.1) is 17.1 Å². The molecule has 0 radical (unpaired) electrons. The van der Waals surface area contributed by atoms with Crippen LogP contribution in [0.1, 0.15) is 5.56 Å². The van der Waals surface area contributed by atoms with E-state index >= 15 is 0 Å². The molecule has 0 fully saturated rings. The monoisotopic (exact) mass is 259 g/mol. The van der Waals surface area contributed by atoms with Gasteiger partial charge in [0.2, 0.25) is 5.95 Å². The van der Waals surface area contributed by atoms with Gasteiger partial charge >= 0.3 is 6.01 Å². The lowest BCUT2D eigenvalue weighted by molar-refractivity contribution is 0.379. The Balaban J connectivity index is 2.58. The number of hydrogen-bond donors (Lipinski definition) is 1. The number of ether oxygens (including phenoxy) is 1. The largest absolute Gasteiger partial charge is 0.467 e. The topological polar surface area (TPSA) is 83.7 Å². The van der Waals surface area contributed by atoms with Crippen molar-refractivity contribution < 1.29 is 9.13 Å². The standard InChI is InChI=1S/C12H10FN5O/c1-15-11-16-10(17-12(18-11)19-2)8-3-7(6-14)4-9(13)5-8/h3-5H,1-2H3,(H,15,16,17,18). The van der Waals surface area contributed by atoms with Gasteiger partial charge in [-0.3, -0.25) is 0 Å². The van der Waals surface area contributed by atoms with Gasteiger partial charge in [0.15, 0.2) is 5.82 Å². The number of anilines is 1. The van der Waals surface area contributed by atoms with Crippen molar-refractivity contribution in [2.45, 2.75) is 0 Å². The van der Waals surface area contributed by atoms with Crippen molar-refractivity contribution >= 4 is 5.95 Å². The fourth-order valence-corrected chi connectivity index (χ4v) is 1.47. The van der Waals surface area contributed by atoms with Gasteiger partial charge in [0, 0.05) is 12.6 Å². The molecule has 0 aliphatic heterocycles. The van der Waals surface area contributed by atoms with Crippen LogP contribution in [0.4, 0.5) is 10.3 Å². The first-order valence-electron chi connectivity index (χ1n) is 5.35. The Kier molecular flexibility index (Phi) is 3.52. The number of hydrogen-bond acceptors (Lipinski definition) is 6. The minimum absolute atomic E-state index is 0.108. The molecule has 0 aliphatic rings. The highest BCUT2D eigenvalue weighted by Gasteiger charge is 2.10. The normalized spacial score (nSPS) is 9.79. The summed E-state index contributed by atoms with van der Waals surface area (Å²) in [6, 6.07) is 5.87. The summed E-state index contributed by atoms with van der Waals surface area (Å²) in [7, 11) is 3.07. The van der Waals surface area contributed by atoms with Gasteiger partial charge < -0.3 is 10.1 Å². The second-order valence-electron chi connectivity index (χ2n) is 3.56. The van der Waals surface area contributed by atoms with Crippen LogP contribution >= 0.6 is 0 Å². The first-order chi connectivity index (χ1) is 9.16. The molecule has 0 amide bonds. The smallest absolute Gasteiger partial charge is 0.321 e. The summed E-state index contributed by atoms with van der Waals surface area (Å²) >= 11 is 0. The molecule has 0 spiro atoms. The van der Waals surface area contributed by atoms with Crippen LogP contribution in [-0.2, 0) is 0 Å². The van der Waals surface area contributed by atoms with Gasteiger partial charge in [-0.1, -0.05) is 0 Å². The summed E-state index contributed by atoms with van der Waals surface area (Å²) in [6.45, 7) is 0. The quantitative estimate of drug-likeness (QED) is 0.901. The summed E-state index contributed by atoms with van der Waals surface area (Å²) in [5.74, 6) is -0.00347. The zero-order valence-electron chi connectivity index (χ0n) is 10.3. The zero-order valence-corrected chi connectivity index (χ0v) is 10.3. The van der Waals surface area contributed by atoms with Crippen LogP contribution < -0.4 is 10.1 Å². The highest BCUT2D eigenvalue weighted by Crippen LogP contribution is 2.21. The van der Waals surface area contributed by atoms with E-state index in [0.717, 1.165) is 6.07 Å². The van der Waals surface area contributed by atoms with Gasteiger partial charge in [0.05, 0.1) is 18.7 Å². The second kappa shape index (κ2) is 5.27. The third-order valence-corrected chi connectivity index (χ3v) is 2.31. The number of nitrogens with one attached hydrogen (secondary N) is 1. The van der Waals surface area contributed by atoms with E-state index in [-0.39, 0.29) is 17.4 Å². The zero-order chi connectivity index (χ0) is 13.8. The van der Waals surface area contributed by atoms with E-state index in [1.807, 2.05) is 6.07 Å². The average Bonchev–Trinajstić information content (AvgIpc) is 2.45. The third kappa shape index (κ3) is 2.74. The van der Waals surface area contributed by atoms with E-state index in [0.29, 0.717) is 11.5 Å². The molecule has 19 heavy (non-hydrogen) atoms. The van der Waals surface area contributed by atoms with Gasteiger partial charge in [0.1, 0.15) is 5.82 Å². The Labute approximate surface area is 108 Å². The number of methoxy groups -OCH3 is 1. The van der Waals surface area contributed by atoms with Gasteiger partial charge in [-0.05, 0) is 18.2 Å². The number of benzene rings is 1. The van der Waals surface area contributed by atoms with Crippen molar-refractivity contribution in [2.24, 2.45) is 0 Å². The molecule has 0 bridgehead atoms. The maximum Gasteiger partial charge on any atom is 0.321 e. The lowest BCUT2D eigenvalue weighted by atomic mass is 10.1. The number of rotatable bonds is 3. The average molecular weight is 259 g/mol. The Morgan fingerprint density at radius 2 is 2.05 bits per heavy atom. The molecular formula is C12H10FN5O. The van der Waals surface area contributed by atoms with Gasteiger partial charge in [0.25, 0.3) is 0 Å². The van der Waals surface area contributed by atoms with Crippen molar-refractivity contribution in [3.8, 4) is 23.5 Å². The minimum atomic E-state index is -0.528. The molecule has 1 aromatic carbocycles. The number of nitriles is 1. The van der Waals surface area contributed by atoms with E-state index < -0.39 is 5.82 Å². The fraction of sp³-hybridized carbons (Fsp3) is 0.167. The Morgan fingerprint density at radius 3 is 2.68 bits per heavy atom. The summed E-state index contributed by atoms with van der Waals surface area (Å²) in [5, 5.41) is 11.6. The van der Waals surface area contributed by atoms with Crippen molar-refractivity contribution in [3.63, 3.8) is 0 Å². The van der Waals surface area contributed by atoms with Crippen molar-refractivity contribution in [1.29, 1.82) is 5.26 Å². The Bertz CT molecular complexity index is 631. The minimum Gasteiger partial charge on any atom is -0.467 e. The van der Waals surface area contributed by atoms with Crippen LogP contribution in [0.15, 0.2) is 18.2 Å². The second-order valence-corrected chi connectivity index (χ2v) is 3.56. The molecule has 0 atom stereocenters. The van der Waals surface area contributed by atoms with E-state index in [9.17, 15) is 4.39 Å². The molecule has 0 saturated heterocycles. The molecule has 0 saturated carbocycles. The lowest BCUT2D eigenvalue weighted by Crippen LogP contribution is -2.03. The van der Waals surface area contributed by atoms with Gasteiger partial charge in [-0.2, -0.15) is 20.2 Å². The molecule has 2 rings (SSSR count). The van der Waals surface area contributed by atoms with Crippen molar-refractivity contribution in [1.82, 2.24) is 15.0 Å². The maximum absolute atomic E-state index is 13.4. The fourth-order valence-electron chi connectivity index (χ4n) is 1.47. The first kappa shape index (κ1) is 12.7. The first-order valence-corrected chi connectivity index (χ1v) is 5.35. The molecule has 1 aromatic heterocycles.